The summed E-state index contributed by atoms with van der Waals surface area (Å²) < 4.78 is 5.14. The van der Waals surface area contributed by atoms with Crippen molar-refractivity contribution in [3.63, 3.8) is 0 Å². The van der Waals surface area contributed by atoms with E-state index in [1.165, 1.54) is 0 Å². The number of carbonyl (C=O) groups is 1. The van der Waals surface area contributed by atoms with Crippen molar-refractivity contribution < 1.29 is 14.6 Å². The van der Waals surface area contributed by atoms with E-state index in [0.29, 0.717) is 0 Å². The largest absolute Gasteiger partial charge is 0.497 e. The maximum atomic E-state index is 11.1. The Labute approximate surface area is 115 Å². The zero-order valence-electron chi connectivity index (χ0n) is 10.9. The molecule has 100 valence electrons. The predicted octanol–water partition coefficient (Wildman–Crippen LogP) is 3.54. The SMILES string of the molecule is COc1ccc(-c2cccc3cc(C(=O)O)[nH]c23)cc1. The van der Waals surface area contributed by atoms with Crippen LogP contribution in [0.15, 0.2) is 48.5 Å². The number of hydrogen-bond acceptors (Lipinski definition) is 2. The summed E-state index contributed by atoms with van der Waals surface area (Å²) in [5.41, 5.74) is 3.00. The highest BCUT2D eigenvalue weighted by Crippen LogP contribution is 2.29. The number of H-pyrrole nitrogens is 1. The van der Waals surface area contributed by atoms with Crippen molar-refractivity contribution in [3.8, 4) is 16.9 Å². The number of rotatable bonds is 3. The fraction of sp³-hybridized carbons (Fsp3) is 0.0625. The zero-order valence-corrected chi connectivity index (χ0v) is 10.9. The molecule has 1 aromatic heterocycles. The number of ether oxygens (including phenoxy) is 1. The molecule has 0 radical (unpaired) electrons. The number of para-hydroxylation sites is 1. The number of nitrogens with one attached hydrogen (secondary N) is 1. The lowest BCUT2D eigenvalue weighted by Gasteiger charge is -2.05. The molecule has 4 heteroatoms. The lowest BCUT2D eigenvalue weighted by Crippen LogP contribution is -1.95. The van der Waals surface area contributed by atoms with Gasteiger partial charge in [-0.3, -0.25) is 0 Å². The third-order valence-electron chi connectivity index (χ3n) is 3.29. The fourth-order valence-corrected chi connectivity index (χ4v) is 2.28. The van der Waals surface area contributed by atoms with Crippen LogP contribution in [0.1, 0.15) is 10.5 Å². The van der Waals surface area contributed by atoms with Crippen LogP contribution in [-0.4, -0.2) is 23.2 Å². The van der Waals surface area contributed by atoms with Crippen LogP contribution in [0.5, 0.6) is 5.75 Å². The Kier molecular flexibility index (Phi) is 2.91. The Morgan fingerprint density at radius 2 is 1.90 bits per heavy atom. The summed E-state index contributed by atoms with van der Waals surface area (Å²) >= 11 is 0. The first-order valence-electron chi connectivity index (χ1n) is 6.18. The first-order chi connectivity index (χ1) is 9.69. The monoisotopic (exact) mass is 267 g/mol. The van der Waals surface area contributed by atoms with Crippen molar-refractivity contribution in [2.75, 3.05) is 7.11 Å². The van der Waals surface area contributed by atoms with Gasteiger partial charge in [0, 0.05) is 10.9 Å². The Hall–Kier alpha value is -2.75. The molecule has 0 unspecified atom stereocenters. The molecule has 0 aliphatic heterocycles. The van der Waals surface area contributed by atoms with Crippen LogP contribution in [0.3, 0.4) is 0 Å². The van der Waals surface area contributed by atoms with Gasteiger partial charge in [-0.15, -0.1) is 0 Å². The molecule has 1 heterocycles. The van der Waals surface area contributed by atoms with Gasteiger partial charge in [-0.05, 0) is 23.8 Å². The van der Waals surface area contributed by atoms with E-state index in [2.05, 4.69) is 4.98 Å². The van der Waals surface area contributed by atoms with Gasteiger partial charge in [-0.25, -0.2) is 4.79 Å². The molecule has 0 spiro atoms. The summed E-state index contributed by atoms with van der Waals surface area (Å²) in [6, 6.07) is 15.1. The molecule has 0 saturated heterocycles. The third-order valence-corrected chi connectivity index (χ3v) is 3.29. The molecule has 0 aliphatic carbocycles. The normalized spacial score (nSPS) is 10.7. The van der Waals surface area contributed by atoms with Crippen LogP contribution in [-0.2, 0) is 0 Å². The van der Waals surface area contributed by atoms with E-state index >= 15 is 0 Å². The molecule has 0 aliphatic rings. The molecular formula is C16H13NO3. The molecule has 2 N–H and O–H groups in total. The minimum absolute atomic E-state index is 0.195. The molecule has 0 amide bonds. The third kappa shape index (κ3) is 2.01. The van der Waals surface area contributed by atoms with E-state index in [0.717, 1.165) is 27.8 Å². The number of aromatic amines is 1. The zero-order chi connectivity index (χ0) is 14.1. The number of methoxy groups -OCH3 is 1. The van der Waals surface area contributed by atoms with Gasteiger partial charge in [0.25, 0.3) is 0 Å². The van der Waals surface area contributed by atoms with E-state index in [1.54, 1.807) is 13.2 Å². The van der Waals surface area contributed by atoms with Gasteiger partial charge in [0.05, 0.1) is 12.6 Å². The van der Waals surface area contributed by atoms with Gasteiger partial charge in [0.15, 0.2) is 0 Å². The van der Waals surface area contributed by atoms with E-state index in [4.69, 9.17) is 9.84 Å². The van der Waals surface area contributed by atoms with Crippen molar-refractivity contribution in [1.29, 1.82) is 0 Å². The van der Waals surface area contributed by atoms with E-state index in [-0.39, 0.29) is 5.69 Å². The summed E-state index contributed by atoms with van der Waals surface area (Å²) in [6.07, 6.45) is 0. The van der Waals surface area contributed by atoms with Crippen LogP contribution < -0.4 is 4.74 Å². The lowest BCUT2D eigenvalue weighted by molar-refractivity contribution is 0.0691. The molecule has 2 aromatic carbocycles. The number of benzene rings is 2. The van der Waals surface area contributed by atoms with Crippen molar-refractivity contribution in [2.45, 2.75) is 0 Å². The summed E-state index contributed by atoms with van der Waals surface area (Å²) in [7, 11) is 1.62. The second-order valence-corrected chi connectivity index (χ2v) is 4.49. The second-order valence-electron chi connectivity index (χ2n) is 4.49. The molecule has 0 atom stereocenters. The van der Waals surface area contributed by atoms with Crippen LogP contribution in [0.2, 0.25) is 0 Å². The summed E-state index contributed by atoms with van der Waals surface area (Å²) in [5, 5.41) is 9.95. The number of aromatic nitrogens is 1. The van der Waals surface area contributed by atoms with Crippen LogP contribution in [0.4, 0.5) is 0 Å². The smallest absolute Gasteiger partial charge is 0.352 e. The quantitative estimate of drug-likeness (QED) is 0.763. The number of aromatic carboxylic acids is 1. The topological polar surface area (TPSA) is 62.3 Å². The Morgan fingerprint density at radius 1 is 1.15 bits per heavy atom. The molecule has 0 bridgehead atoms. The summed E-state index contributed by atoms with van der Waals surface area (Å²) in [6.45, 7) is 0. The lowest BCUT2D eigenvalue weighted by atomic mass is 10.0. The number of carboxylic acid groups (broad SMARTS) is 1. The average Bonchev–Trinajstić information content (AvgIpc) is 2.91. The van der Waals surface area contributed by atoms with Crippen LogP contribution >= 0.6 is 0 Å². The van der Waals surface area contributed by atoms with Gasteiger partial charge in [0.2, 0.25) is 0 Å². The predicted molar refractivity (Wildman–Crippen MR) is 77.2 cm³/mol. The molecular weight excluding hydrogens is 254 g/mol. The van der Waals surface area contributed by atoms with E-state index in [9.17, 15) is 4.79 Å². The Balaban J connectivity index is 2.16. The van der Waals surface area contributed by atoms with E-state index in [1.807, 2.05) is 42.5 Å². The maximum Gasteiger partial charge on any atom is 0.352 e. The van der Waals surface area contributed by atoms with Crippen molar-refractivity contribution in [1.82, 2.24) is 4.98 Å². The van der Waals surface area contributed by atoms with Gasteiger partial charge >= 0.3 is 5.97 Å². The Morgan fingerprint density at radius 3 is 2.55 bits per heavy atom. The van der Waals surface area contributed by atoms with Crippen molar-refractivity contribution >= 4 is 16.9 Å². The summed E-state index contributed by atoms with van der Waals surface area (Å²) in [5.74, 6) is -0.166. The molecule has 0 fully saturated rings. The number of carboxylic acids is 1. The van der Waals surface area contributed by atoms with E-state index < -0.39 is 5.97 Å². The van der Waals surface area contributed by atoms with Gasteiger partial charge < -0.3 is 14.8 Å². The van der Waals surface area contributed by atoms with Crippen LogP contribution in [0.25, 0.3) is 22.0 Å². The minimum atomic E-state index is -0.957. The molecule has 3 aromatic rings. The average molecular weight is 267 g/mol. The second kappa shape index (κ2) is 4.74. The van der Waals surface area contributed by atoms with Crippen molar-refractivity contribution in [2.24, 2.45) is 0 Å². The fourth-order valence-electron chi connectivity index (χ4n) is 2.28. The number of fused-ring (bicyclic) bond motifs is 1. The van der Waals surface area contributed by atoms with Gasteiger partial charge in [0.1, 0.15) is 11.4 Å². The summed E-state index contributed by atoms with van der Waals surface area (Å²) in [4.78, 5) is 14.0. The number of hydrogen-bond donors (Lipinski definition) is 2. The molecule has 0 saturated carbocycles. The first-order valence-corrected chi connectivity index (χ1v) is 6.18. The standard InChI is InChI=1S/C16H13NO3/c1-20-12-7-5-10(6-8-12)13-4-2-3-11-9-14(16(18)19)17-15(11)13/h2-9,17H,1H3,(H,18,19). The molecule has 4 nitrogen and oxygen atoms in total. The highest BCUT2D eigenvalue weighted by molar-refractivity contribution is 6.00. The van der Waals surface area contributed by atoms with Crippen molar-refractivity contribution in [3.05, 3.63) is 54.2 Å². The van der Waals surface area contributed by atoms with Gasteiger partial charge in [-0.1, -0.05) is 30.3 Å². The van der Waals surface area contributed by atoms with Crippen LogP contribution in [0, 0.1) is 0 Å². The first kappa shape index (κ1) is 12.3. The maximum absolute atomic E-state index is 11.1. The molecule has 20 heavy (non-hydrogen) atoms. The highest BCUT2D eigenvalue weighted by atomic mass is 16.5. The van der Waals surface area contributed by atoms with Gasteiger partial charge in [-0.2, -0.15) is 0 Å². The molecule has 3 rings (SSSR count). The Bertz CT molecular complexity index is 772. The highest BCUT2D eigenvalue weighted by Gasteiger charge is 2.11. The minimum Gasteiger partial charge on any atom is -0.497 e.